The molecule has 0 amide bonds. The van der Waals surface area contributed by atoms with Crippen molar-refractivity contribution < 1.29 is 4.74 Å². The van der Waals surface area contributed by atoms with Crippen molar-refractivity contribution in [3.8, 4) is 0 Å². The first-order valence-corrected chi connectivity index (χ1v) is 6.80. The van der Waals surface area contributed by atoms with Gasteiger partial charge in [-0.15, -0.1) is 0 Å². The van der Waals surface area contributed by atoms with Crippen LogP contribution >= 0.6 is 0 Å². The van der Waals surface area contributed by atoms with Crippen LogP contribution in [0.15, 0.2) is 0 Å². The van der Waals surface area contributed by atoms with Crippen LogP contribution in [0.2, 0.25) is 0 Å². The van der Waals surface area contributed by atoms with E-state index >= 15 is 0 Å². The van der Waals surface area contributed by atoms with Crippen molar-refractivity contribution in [2.45, 2.75) is 64.6 Å². The van der Waals surface area contributed by atoms with Crippen molar-refractivity contribution >= 4 is 0 Å². The standard InChI is InChI=1S/C13H28N2O/c1-4-16-12(3)10-15-11(2)9-13-7-5-6-8-14-13/h11-15H,4-10H2,1-3H3. The monoisotopic (exact) mass is 228 g/mol. The molecule has 3 atom stereocenters. The van der Waals surface area contributed by atoms with E-state index in [1.807, 2.05) is 6.92 Å². The number of piperidine rings is 1. The van der Waals surface area contributed by atoms with E-state index < -0.39 is 0 Å². The largest absolute Gasteiger partial charge is 0.377 e. The van der Waals surface area contributed by atoms with Gasteiger partial charge in [-0.2, -0.15) is 0 Å². The molecule has 0 aromatic rings. The summed E-state index contributed by atoms with van der Waals surface area (Å²) in [5, 5.41) is 7.14. The summed E-state index contributed by atoms with van der Waals surface area (Å²) >= 11 is 0. The number of rotatable bonds is 7. The molecule has 1 fully saturated rings. The van der Waals surface area contributed by atoms with E-state index in [9.17, 15) is 0 Å². The molecule has 3 heteroatoms. The Labute approximate surface area is 100 Å². The molecule has 1 saturated heterocycles. The third-order valence-electron chi connectivity index (χ3n) is 3.26. The Morgan fingerprint density at radius 2 is 2.19 bits per heavy atom. The first kappa shape index (κ1) is 13.9. The van der Waals surface area contributed by atoms with Gasteiger partial charge >= 0.3 is 0 Å². The normalized spacial score (nSPS) is 25.3. The van der Waals surface area contributed by atoms with Gasteiger partial charge in [-0.05, 0) is 46.6 Å². The van der Waals surface area contributed by atoms with Gasteiger partial charge in [-0.3, -0.25) is 0 Å². The molecule has 1 heterocycles. The summed E-state index contributed by atoms with van der Waals surface area (Å²) in [7, 11) is 0. The van der Waals surface area contributed by atoms with Crippen molar-refractivity contribution in [3.63, 3.8) is 0 Å². The second-order valence-electron chi connectivity index (χ2n) is 4.96. The van der Waals surface area contributed by atoms with E-state index in [0.29, 0.717) is 12.1 Å². The van der Waals surface area contributed by atoms with Gasteiger partial charge < -0.3 is 15.4 Å². The van der Waals surface area contributed by atoms with Crippen LogP contribution in [-0.2, 0) is 4.74 Å². The third-order valence-corrected chi connectivity index (χ3v) is 3.26. The zero-order valence-electron chi connectivity index (χ0n) is 11.1. The van der Waals surface area contributed by atoms with Crippen LogP contribution < -0.4 is 10.6 Å². The maximum absolute atomic E-state index is 5.50. The Balaban J connectivity index is 2.07. The average molecular weight is 228 g/mol. The molecule has 0 spiro atoms. The van der Waals surface area contributed by atoms with Crippen LogP contribution in [0, 0.1) is 0 Å². The predicted octanol–water partition coefficient (Wildman–Crippen LogP) is 1.92. The molecule has 16 heavy (non-hydrogen) atoms. The summed E-state index contributed by atoms with van der Waals surface area (Å²) in [4.78, 5) is 0. The minimum Gasteiger partial charge on any atom is -0.377 e. The first-order valence-electron chi connectivity index (χ1n) is 6.80. The lowest BCUT2D eigenvalue weighted by molar-refractivity contribution is 0.0737. The van der Waals surface area contributed by atoms with Gasteiger partial charge in [0.1, 0.15) is 0 Å². The van der Waals surface area contributed by atoms with E-state index in [1.54, 1.807) is 0 Å². The molecule has 0 aliphatic carbocycles. The SMILES string of the molecule is CCOC(C)CNC(C)CC1CCCCN1. The van der Waals surface area contributed by atoms with Crippen LogP contribution in [-0.4, -0.2) is 37.9 Å². The van der Waals surface area contributed by atoms with Gasteiger partial charge in [0, 0.05) is 25.2 Å². The molecule has 0 aromatic heterocycles. The molecular weight excluding hydrogens is 200 g/mol. The fraction of sp³-hybridized carbons (Fsp3) is 1.00. The maximum atomic E-state index is 5.50. The topological polar surface area (TPSA) is 33.3 Å². The summed E-state index contributed by atoms with van der Waals surface area (Å²) in [6.45, 7) is 9.42. The van der Waals surface area contributed by atoms with Crippen LogP contribution in [0.3, 0.4) is 0 Å². The first-order chi connectivity index (χ1) is 7.72. The van der Waals surface area contributed by atoms with Crippen molar-refractivity contribution in [2.24, 2.45) is 0 Å². The average Bonchev–Trinajstić information content (AvgIpc) is 2.28. The van der Waals surface area contributed by atoms with E-state index in [2.05, 4.69) is 24.5 Å². The Bertz CT molecular complexity index is 169. The maximum Gasteiger partial charge on any atom is 0.0671 e. The van der Waals surface area contributed by atoms with E-state index in [4.69, 9.17) is 4.74 Å². The van der Waals surface area contributed by atoms with Crippen LogP contribution in [0.4, 0.5) is 0 Å². The molecular formula is C13H28N2O. The second kappa shape index (κ2) is 8.04. The van der Waals surface area contributed by atoms with Crippen LogP contribution in [0.1, 0.15) is 46.5 Å². The molecule has 0 radical (unpaired) electrons. The predicted molar refractivity (Wildman–Crippen MR) is 68.8 cm³/mol. The smallest absolute Gasteiger partial charge is 0.0671 e. The summed E-state index contributed by atoms with van der Waals surface area (Å²) in [5.41, 5.74) is 0. The van der Waals surface area contributed by atoms with Crippen LogP contribution in [0.25, 0.3) is 0 Å². The van der Waals surface area contributed by atoms with Crippen molar-refractivity contribution in [2.75, 3.05) is 19.7 Å². The molecule has 0 bridgehead atoms. The fourth-order valence-corrected chi connectivity index (χ4v) is 2.35. The van der Waals surface area contributed by atoms with E-state index in [0.717, 1.165) is 19.2 Å². The lowest BCUT2D eigenvalue weighted by atomic mass is 9.99. The molecule has 3 unspecified atom stereocenters. The molecule has 0 aromatic carbocycles. The fourth-order valence-electron chi connectivity index (χ4n) is 2.35. The van der Waals surface area contributed by atoms with Crippen molar-refractivity contribution in [1.82, 2.24) is 10.6 Å². The lowest BCUT2D eigenvalue weighted by Gasteiger charge is -2.27. The second-order valence-corrected chi connectivity index (χ2v) is 4.96. The summed E-state index contributed by atoms with van der Waals surface area (Å²) < 4.78 is 5.50. The van der Waals surface area contributed by atoms with Gasteiger partial charge in [0.25, 0.3) is 0 Å². The zero-order valence-corrected chi connectivity index (χ0v) is 11.1. The molecule has 1 aliphatic heterocycles. The minimum absolute atomic E-state index is 0.326. The number of ether oxygens (including phenoxy) is 1. The molecule has 0 saturated carbocycles. The van der Waals surface area contributed by atoms with E-state index in [-0.39, 0.29) is 0 Å². The lowest BCUT2D eigenvalue weighted by Crippen LogP contribution is -2.41. The highest BCUT2D eigenvalue weighted by Crippen LogP contribution is 2.11. The van der Waals surface area contributed by atoms with Crippen molar-refractivity contribution in [1.29, 1.82) is 0 Å². The Morgan fingerprint density at radius 1 is 1.38 bits per heavy atom. The summed E-state index contributed by atoms with van der Waals surface area (Å²) in [5.74, 6) is 0. The number of hydrogen-bond donors (Lipinski definition) is 2. The number of nitrogens with one attached hydrogen (secondary N) is 2. The molecule has 3 nitrogen and oxygen atoms in total. The van der Waals surface area contributed by atoms with Crippen molar-refractivity contribution in [3.05, 3.63) is 0 Å². The zero-order chi connectivity index (χ0) is 11.8. The Hall–Kier alpha value is -0.120. The van der Waals surface area contributed by atoms with Gasteiger partial charge in [0.05, 0.1) is 6.10 Å². The quantitative estimate of drug-likeness (QED) is 0.698. The highest BCUT2D eigenvalue weighted by molar-refractivity contribution is 4.77. The van der Waals surface area contributed by atoms with Gasteiger partial charge in [-0.1, -0.05) is 6.42 Å². The van der Waals surface area contributed by atoms with E-state index in [1.165, 1.54) is 32.2 Å². The highest BCUT2D eigenvalue weighted by atomic mass is 16.5. The molecule has 96 valence electrons. The summed E-state index contributed by atoms with van der Waals surface area (Å²) in [6.07, 6.45) is 5.64. The third kappa shape index (κ3) is 5.83. The minimum atomic E-state index is 0.326. The Morgan fingerprint density at radius 3 is 2.81 bits per heavy atom. The van der Waals surface area contributed by atoms with Gasteiger partial charge in [-0.25, -0.2) is 0 Å². The molecule has 1 rings (SSSR count). The molecule has 2 N–H and O–H groups in total. The highest BCUT2D eigenvalue weighted by Gasteiger charge is 2.15. The Kier molecular flexibility index (Phi) is 7.01. The number of hydrogen-bond acceptors (Lipinski definition) is 3. The summed E-state index contributed by atoms with van der Waals surface area (Å²) in [6, 6.07) is 1.30. The van der Waals surface area contributed by atoms with Gasteiger partial charge in [0.2, 0.25) is 0 Å². The van der Waals surface area contributed by atoms with Crippen LogP contribution in [0.5, 0.6) is 0 Å². The molecule has 1 aliphatic rings. The van der Waals surface area contributed by atoms with Gasteiger partial charge in [0.15, 0.2) is 0 Å².